The Bertz CT molecular complexity index is 1070. The first-order chi connectivity index (χ1) is 13.2. The van der Waals surface area contributed by atoms with Gasteiger partial charge < -0.3 is 10.6 Å². The fourth-order valence-corrected chi connectivity index (χ4v) is 4.81. The maximum Gasteiger partial charge on any atom is 0.256 e. The van der Waals surface area contributed by atoms with Crippen LogP contribution >= 0.6 is 0 Å². The van der Waals surface area contributed by atoms with Crippen molar-refractivity contribution in [3.8, 4) is 0 Å². The second-order valence-corrected chi connectivity index (χ2v) is 8.96. The molecular formula is C18H20FN5O3S. The number of aromatic nitrogens is 2. The second-order valence-electron chi connectivity index (χ2n) is 7.40. The van der Waals surface area contributed by atoms with E-state index in [9.17, 15) is 17.6 Å². The lowest BCUT2D eigenvalue weighted by Crippen LogP contribution is -2.48. The summed E-state index contributed by atoms with van der Waals surface area (Å²) < 4.78 is 37.4. The van der Waals surface area contributed by atoms with Gasteiger partial charge >= 0.3 is 0 Å². The Kier molecular flexibility index (Phi) is 4.35. The van der Waals surface area contributed by atoms with Crippen molar-refractivity contribution >= 4 is 21.9 Å². The first kappa shape index (κ1) is 18.8. The van der Waals surface area contributed by atoms with Gasteiger partial charge in [-0.15, -0.1) is 0 Å². The van der Waals surface area contributed by atoms with Crippen molar-refractivity contribution in [2.75, 3.05) is 18.8 Å². The van der Waals surface area contributed by atoms with Gasteiger partial charge in [0.25, 0.3) is 5.91 Å². The van der Waals surface area contributed by atoms with Crippen molar-refractivity contribution in [3.63, 3.8) is 0 Å². The second kappa shape index (κ2) is 6.49. The summed E-state index contributed by atoms with van der Waals surface area (Å²) in [5.74, 6) is -1.15. The molecule has 1 atom stereocenters. The molecular weight excluding hydrogens is 385 g/mol. The molecule has 0 bridgehead atoms. The molecule has 8 nitrogen and oxygen atoms in total. The maximum absolute atomic E-state index is 14.3. The number of primary sulfonamides is 1. The number of aryl methyl sites for hydroxylation is 1. The first-order valence-electron chi connectivity index (χ1n) is 8.93. The number of sulfonamides is 1. The highest BCUT2D eigenvalue weighted by atomic mass is 32.2. The summed E-state index contributed by atoms with van der Waals surface area (Å²) in [6.45, 7) is 0.823. The summed E-state index contributed by atoms with van der Waals surface area (Å²) in [6, 6.07) is 2.99. The molecule has 2 heterocycles. The molecule has 1 saturated heterocycles. The van der Waals surface area contributed by atoms with Crippen LogP contribution in [0.15, 0.2) is 29.3 Å². The number of nitrogens with zero attached hydrogens (tertiary/aromatic N) is 3. The summed E-state index contributed by atoms with van der Waals surface area (Å²) in [4.78, 5) is 22.7. The third-order valence-electron chi connectivity index (χ3n) is 5.62. The van der Waals surface area contributed by atoms with Crippen molar-refractivity contribution < 1.29 is 17.6 Å². The monoisotopic (exact) mass is 405 g/mol. The maximum atomic E-state index is 14.3. The van der Waals surface area contributed by atoms with Gasteiger partial charge in [0.1, 0.15) is 5.82 Å². The van der Waals surface area contributed by atoms with Gasteiger partial charge in [-0.05, 0) is 49.4 Å². The zero-order valence-electron chi connectivity index (χ0n) is 15.1. The number of hydrogen-bond acceptors (Lipinski definition) is 6. The van der Waals surface area contributed by atoms with E-state index in [0.717, 1.165) is 55.1 Å². The van der Waals surface area contributed by atoms with E-state index in [-0.39, 0.29) is 21.8 Å². The lowest BCUT2D eigenvalue weighted by atomic mass is 9.77. The van der Waals surface area contributed by atoms with Crippen LogP contribution in [0.5, 0.6) is 0 Å². The van der Waals surface area contributed by atoms with E-state index in [1.54, 1.807) is 11.1 Å². The summed E-state index contributed by atoms with van der Waals surface area (Å²) in [5.41, 5.74) is 7.00. The molecule has 4 N–H and O–H groups in total. The van der Waals surface area contributed by atoms with Crippen molar-refractivity contribution in [2.24, 2.45) is 5.14 Å². The lowest BCUT2D eigenvalue weighted by Gasteiger charge is -2.40. The van der Waals surface area contributed by atoms with Gasteiger partial charge in [-0.2, -0.15) is 0 Å². The topological polar surface area (TPSA) is 132 Å². The van der Waals surface area contributed by atoms with Crippen LogP contribution in [0.25, 0.3) is 0 Å². The van der Waals surface area contributed by atoms with Gasteiger partial charge in [0.2, 0.25) is 16.0 Å². The van der Waals surface area contributed by atoms with Crippen molar-refractivity contribution in [1.82, 2.24) is 14.9 Å². The molecule has 1 aliphatic carbocycles. The molecule has 1 aromatic heterocycles. The number of amides is 1. The molecule has 4 rings (SSSR count). The number of piperidine rings is 1. The third kappa shape index (κ3) is 3.12. The highest BCUT2D eigenvalue weighted by Gasteiger charge is 2.45. The van der Waals surface area contributed by atoms with Crippen LogP contribution in [0.3, 0.4) is 0 Å². The number of fused-ring (bicyclic) bond motifs is 2. The van der Waals surface area contributed by atoms with Crippen LogP contribution in [0.4, 0.5) is 10.3 Å². The number of likely N-dealkylation sites (tertiary alicyclic amines) is 1. The van der Waals surface area contributed by atoms with Crippen molar-refractivity contribution in [3.05, 3.63) is 47.0 Å². The predicted molar refractivity (Wildman–Crippen MR) is 99.4 cm³/mol. The van der Waals surface area contributed by atoms with Crippen LogP contribution in [0.1, 0.15) is 40.9 Å². The minimum Gasteiger partial charge on any atom is -0.368 e. The Morgan fingerprint density at radius 1 is 1.29 bits per heavy atom. The van der Waals surface area contributed by atoms with Crippen LogP contribution in [0.2, 0.25) is 0 Å². The normalized spacial score (nSPS) is 21.7. The van der Waals surface area contributed by atoms with Gasteiger partial charge in [0.15, 0.2) is 0 Å². The molecule has 2 aromatic rings. The Labute approximate surface area is 161 Å². The Morgan fingerprint density at radius 3 is 2.82 bits per heavy atom. The van der Waals surface area contributed by atoms with E-state index >= 15 is 0 Å². The molecule has 1 unspecified atom stereocenters. The van der Waals surface area contributed by atoms with Gasteiger partial charge in [-0.25, -0.2) is 27.9 Å². The molecule has 0 saturated carbocycles. The minimum atomic E-state index is -4.04. The Morgan fingerprint density at radius 2 is 2.07 bits per heavy atom. The number of nitrogen functional groups attached to an aromatic ring is 1. The van der Waals surface area contributed by atoms with E-state index in [4.69, 9.17) is 10.9 Å². The number of anilines is 1. The fraction of sp³-hybridized carbons (Fsp3) is 0.389. The SMILES string of the molecule is Nc1ncc2c(n1)C1(CCCN(C(=O)c3cc(S(N)(=O)=O)ccc3F)C1)CC2. The van der Waals surface area contributed by atoms with E-state index < -0.39 is 21.7 Å². The molecule has 28 heavy (non-hydrogen) atoms. The number of hydrogen-bond donors (Lipinski definition) is 2. The molecule has 2 aliphatic rings. The van der Waals surface area contributed by atoms with Crippen molar-refractivity contribution in [2.45, 2.75) is 36.0 Å². The zero-order chi connectivity index (χ0) is 20.1. The average Bonchev–Trinajstić information content (AvgIpc) is 2.98. The fourth-order valence-electron chi connectivity index (χ4n) is 4.27. The van der Waals surface area contributed by atoms with Gasteiger partial charge in [0.05, 0.1) is 16.2 Å². The number of halogens is 1. The number of benzene rings is 1. The van der Waals surface area contributed by atoms with Gasteiger partial charge in [0, 0.05) is 24.7 Å². The summed E-state index contributed by atoms with van der Waals surface area (Å²) in [5, 5.41) is 5.11. The van der Waals surface area contributed by atoms with Crippen molar-refractivity contribution in [1.29, 1.82) is 0 Å². The molecule has 1 aliphatic heterocycles. The number of carbonyl (C=O) groups is 1. The number of rotatable bonds is 2. The molecule has 1 aromatic carbocycles. The Balaban J connectivity index is 1.67. The molecule has 1 amide bonds. The smallest absolute Gasteiger partial charge is 0.256 e. The van der Waals surface area contributed by atoms with E-state index in [2.05, 4.69) is 9.97 Å². The quantitative estimate of drug-likeness (QED) is 0.765. The summed E-state index contributed by atoms with van der Waals surface area (Å²) in [6.07, 6.45) is 4.91. The van der Waals surface area contributed by atoms with E-state index in [0.29, 0.717) is 13.1 Å². The number of carbonyl (C=O) groups excluding carboxylic acids is 1. The first-order valence-corrected chi connectivity index (χ1v) is 10.5. The van der Waals surface area contributed by atoms with Gasteiger partial charge in [-0.1, -0.05) is 0 Å². The van der Waals surface area contributed by atoms with E-state index in [1.807, 2.05) is 0 Å². The standard InChI is InChI=1S/C18H20FN5O3S/c19-14-3-2-12(28(21,26)27)8-13(14)16(25)24-7-1-5-18(10-24)6-4-11-9-22-17(20)23-15(11)18/h2-3,8-9H,1,4-7,10H2,(H2,20,22,23)(H2,21,26,27). The molecule has 148 valence electrons. The Hall–Kier alpha value is -2.59. The van der Waals surface area contributed by atoms with Gasteiger partial charge in [-0.3, -0.25) is 4.79 Å². The molecule has 0 radical (unpaired) electrons. The van der Waals surface area contributed by atoms with Crippen LogP contribution in [-0.4, -0.2) is 42.3 Å². The predicted octanol–water partition coefficient (Wildman–Crippen LogP) is 0.966. The highest BCUT2D eigenvalue weighted by Crippen LogP contribution is 2.44. The lowest BCUT2D eigenvalue weighted by molar-refractivity contribution is 0.0628. The van der Waals surface area contributed by atoms with Crippen LogP contribution in [0, 0.1) is 5.82 Å². The summed E-state index contributed by atoms with van der Waals surface area (Å²) in [7, 11) is -4.04. The zero-order valence-corrected chi connectivity index (χ0v) is 15.9. The number of nitrogens with two attached hydrogens (primary N) is 2. The average molecular weight is 405 g/mol. The molecule has 1 fully saturated rings. The molecule has 10 heteroatoms. The third-order valence-corrected chi connectivity index (χ3v) is 6.53. The van der Waals surface area contributed by atoms with E-state index in [1.165, 1.54) is 0 Å². The van der Waals surface area contributed by atoms with Crippen LogP contribution < -0.4 is 10.9 Å². The highest BCUT2D eigenvalue weighted by molar-refractivity contribution is 7.89. The molecule has 1 spiro atoms. The summed E-state index contributed by atoms with van der Waals surface area (Å²) >= 11 is 0. The minimum absolute atomic E-state index is 0.190. The largest absolute Gasteiger partial charge is 0.368 e. The van der Waals surface area contributed by atoms with Crippen LogP contribution in [-0.2, 0) is 21.9 Å².